The molecule has 2 bridgehead atoms. The molecular formula is C16H23O4+. The van der Waals surface area contributed by atoms with Gasteiger partial charge in [0.15, 0.2) is 19.3 Å². The molecule has 4 fully saturated rings. The van der Waals surface area contributed by atoms with Crippen LogP contribution in [0.1, 0.15) is 26.2 Å². The number of hydrogen-bond donors (Lipinski definition) is 0. The fourth-order valence-corrected chi connectivity index (χ4v) is 4.96. The Kier molecular flexibility index (Phi) is 2.93. The normalized spacial score (nSPS) is 47.0. The number of rotatable bonds is 5. The summed E-state index contributed by atoms with van der Waals surface area (Å²) in [5, 5.41) is 0. The van der Waals surface area contributed by atoms with Crippen molar-refractivity contribution < 1.29 is 19.0 Å². The first-order valence-corrected chi connectivity index (χ1v) is 7.80. The summed E-state index contributed by atoms with van der Waals surface area (Å²) in [5.41, 5.74) is 0.454. The molecule has 1 N–H and O–H groups in total. The van der Waals surface area contributed by atoms with E-state index in [0.717, 1.165) is 23.7 Å². The van der Waals surface area contributed by atoms with Gasteiger partial charge in [0, 0.05) is 23.8 Å². The third kappa shape index (κ3) is 1.92. The van der Waals surface area contributed by atoms with Crippen molar-refractivity contribution in [3.05, 3.63) is 12.2 Å². The second kappa shape index (κ2) is 4.57. The number of hydrogen-bond acceptors (Lipinski definition) is 3. The number of esters is 1. The monoisotopic (exact) mass is 279 g/mol. The predicted octanol–water partition coefficient (Wildman–Crippen LogP) is 1.45. The van der Waals surface area contributed by atoms with Gasteiger partial charge in [0.2, 0.25) is 0 Å². The Hall–Kier alpha value is -0.870. The molecule has 7 atom stereocenters. The van der Waals surface area contributed by atoms with Crippen molar-refractivity contribution in [3.8, 4) is 0 Å². The summed E-state index contributed by atoms with van der Waals surface area (Å²) < 4.78 is 15.6. The van der Waals surface area contributed by atoms with Crippen LogP contribution in [0.4, 0.5) is 0 Å². The van der Waals surface area contributed by atoms with Crippen LogP contribution < -0.4 is 0 Å². The van der Waals surface area contributed by atoms with Crippen molar-refractivity contribution in [1.82, 2.24) is 0 Å². The van der Waals surface area contributed by atoms with E-state index in [9.17, 15) is 4.79 Å². The lowest BCUT2D eigenvalue weighted by Gasteiger charge is -2.30. The number of aliphatic hydroxyl groups is 2. The fourth-order valence-electron chi connectivity index (χ4n) is 4.96. The molecule has 7 unspecified atom stereocenters. The highest BCUT2D eigenvalue weighted by Gasteiger charge is 2.68. The average molecular weight is 279 g/mol. The Bertz CT molecular complexity index is 446. The zero-order valence-electron chi connectivity index (χ0n) is 12.0. The van der Waals surface area contributed by atoms with Gasteiger partial charge in [0.25, 0.3) is 0 Å². The number of ether oxygens (including phenoxy) is 3. The minimum atomic E-state index is -0.307. The first kappa shape index (κ1) is 12.8. The van der Waals surface area contributed by atoms with Crippen molar-refractivity contribution in [2.75, 3.05) is 13.2 Å². The van der Waals surface area contributed by atoms with Gasteiger partial charge in [0.05, 0.1) is 12.2 Å². The zero-order chi connectivity index (χ0) is 13.9. The lowest BCUT2D eigenvalue weighted by molar-refractivity contribution is -0.166. The van der Waals surface area contributed by atoms with Crippen molar-refractivity contribution in [3.63, 3.8) is 0 Å². The maximum absolute atomic E-state index is 11.3. The molecule has 3 saturated carbocycles. The van der Waals surface area contributed by atoms with Crippen molar-refractivity contribution in [2.24, 2.45) is 23.7 Å². The quantitative estimate of drug-likeness (QED) is 0.252. The van der Waals surface area contributed by atoms with Crippen molar-refractivity contribution in [1.29, 1.82) is 0 Å². The maximum atomic E-state index is 11.3. The summed E-state index contributed by atoms with van der Waals surface area (Å²) in [5.74, 6) is 3.02. The maximum Gasteiger partial charge on any atom is 0.333 e. The summed E-state index contributed by atoms with van der Waals surface area (Å²) in [6, 6.07) is 0. The molecule has 0 aromatic heterocycles. The molecule has 1 saturated heterocycles. The Balaban J connectivity index is 1.25. The number of epoxide rings is 1. The molecule has 1 heterocycles. The van der Waals surface area contributed by atoms with E-state index in [2.05, 4.69) is 6.58 Å². The van der Waals surface area contributed by atoms with Gasteiger partial charge in [-0.2, -0.15) is 0 Å². The van der Waals surface area contributed by atoms with Crippen molar-refractivity contribution >= 4 is 5.97 Å². The largest absolute Gasteiger partial charge is 0.454 e. The van der Waals surface area contributed by atoms with Crippen LogP contribution in [0.15, 0.2) is 12.2 Å². The number of carbonyl (C=O) groups is 1. The van der Waals surface area contributed by atoms with Crippen LogP contribution in [0, 0.1) is 23.7 Å². The zero-order valence-corrected chi connectivity index (χ0v) is 12.0. The predicted molar refractivity (Wildman–Crippen MR) is 73.1 cm³/mol. The third-order valence-electron chi connectivity index (χ3n) is 5.75. The van der Waals surface area contributed by atoms with E-state index in [-0.39, 0.29) is 5.97 Å². The highest BCUT2D eigenvalue weighted by atomic mass is 16.6. The molecule has 0 spiro atoms. The summed E-state index contributed by atoms with van der Waals surface area (Å²) >= 11 is 0. The molecule has 4 nitrogen and oxygen atoms in total. The van der Waals surface area contributed by atoms with Crippen LogP contribution in [0.5, 0.6) is 0 Å². The molecular weight excluding hydrogens is 256 g/mol. The standard InChI is InChI=1S/C16H22O4/c1-8(2)16(17)19-4-3-18-12-6-9-5-11(12)14-10(9)7-13-15(14)20-13/h9-15H,1,3-7H2,2H3/p+1. The van der Waals surface area contributed by atoms with Gasteiger partial charge in [-0.25, -0.2) is 4.79 Å². The summed E-state index contributed by atoms with van der Waals surface area (Å²) in [6.07, 6.45) is 5.54. The van der Waals surface area contributed by atoms with Crippen LogP contribution >= 0.6 is 0 Å². The lowest BCUT2D eigenvalue weighted by atomic mass is 9.79. The topological polar surface area (TPSA) is 51.6 Å². The Morgan fingerprint density at radius 2 is 2.20 bits per heavy atom. The van der Waals surface area contributed by atoms with Gasteiger partial charge in [-0.1, -0.05) is 6.58 Å². The molecule has 3 aliphatic carbocycles. The lowest BCUT2D eigenvalue weighted by Crippen LogP contribution is -2.36. The third-order valence-corrected chi connectivity index (χ3v) is 5.75. The summed E-state index contributed by atoms with van der Waals surface area (Å²) in [4.78, 5) is 11.3. The van der Waals surface area contributed by atoms with E-state index in [0.29, 0.717) is 37.1 Å². The van der Waals surface area contributed by atoms with Crippen LogP contribution in [0.25, 0.3) is 0 Å². The minimum absolute atomic E-state index is 0.307. The van der Waals surface area contributed by atoms with Crippen LogP contribution in [0.3, 0.4) is 0 Å². The van der Waals surface area contributed by atoms with Crippen LogP contribution in [-0.2, 0) is 14.3 Å². The average Bonchev–Trinajstić information content (AvgIpc) is 2.81. The molecule has 4 aliphatic rings. The Labute approximate surface area is 119 Å². The fraction of sp³-hybridized carbons (Fsp3) is 0.812. The SMILES string of the molecule is C=C(C)C(=O)OCC[OH+]C1CC2CC1C1C2CC2OC21. The van der Waals surface area contributed by atoms with E-state index in [1.807, 2.05) is 0 Å². The molecule has 0 radical (unpaired) electrons. The second-order valence-corrected chi connectivity index (χ2v) is 6.90. The Morgan fingerprint density at radius 3 is 3.00 bits per heavy atom. The van der Waals surface area contributed by atoms with Gasteiger partial charge in [0.1, 0.15) is 0 Å². The minimum Gasteiger partial charge on any atom is -0.454 e. The van der Waals surface area contributed by atoms with Crippen LogP contribution in [0.2, 0.25) is 0 Å². The van der Waals surface area contributed by atoms with Gasteiger partial charge < -0.3 is 14.2 Å². The highest BCUT2D eigenvalue weighted by molar-refractivity contribution is 5.86. The smallest absolute Gasteiger partial charge is 0.333 e. The van der Waals surface area contributed by atoms with Gasteiger partial charge in [-0.05, 0) is 31.6 Å². The molecule has 20 heavy (non-hydrogen) atoms. The molecule has 0 aromatic rings. The first-order valence-electron chi connectivity index (χ1n) is 7.80. The van der Waals surface area contributed by atoms with Gasteiger partial charge in [-0.15, -0.1) is 0 Å². The van der Waals surface area contributed by atoms with Crippen molar-refractivity contribution in [2.45, 2.75) is 44.5 Å². The van der Waals surface area contributed by atoms with Gasteiger partial charge in [-0.3, -0.25) is 0 Å². The van der Waals surface area contributed by atoms with E-state index in [4.69, 9.17) is 14.2 Å². The summed E-state index contributed by atoms with van der Waals surface area (Å²) in [7, 11) is 0. The first-order chi connectivity index (χ1) is 9.65. The molecule has 1 aliphatic heterocycles. The van der Waals surface area contributed by atoms with E-state index in [1.54, 1.807) is 6.92 Å². The molecule has 4 heteroatoms. The van der Waals surface area contributed by atoms with Gasteiger partial charge >= 0.3 is 5.97 Å². The van der Waals surface area contributed by atoms with E-state index >= 15 is 0 Å². The molecule has 0 amide bonds. The van der Waals surface area contributed by atoms with Crippen LogP contribution in [-0.4, -0.2) is 42.2 Å². The molecule has 4 rings (SSSR count). The summed E-state index contributed by atoms with van der Waals surface area (Å²) in [6.45, 7) is 6.25. The number of fused-ring (bicyclic) bond motifs is 7. The molecule has 110 valence electrons. The number of carbonyl (C=O) groups excluding carboxylic acids is 1. The Morgan fingerprint density at radius 1 is 1.35 bits per heavy atom. The van der Waals surface area contributed by atoms with E-state index in [1.165, 1.54) is 19.3 Å². The molecule has 0 aromatic carbocycles. The van der Waals surface area contributed by atoms with E-state index < -0.39 is 0 Å². The second-order valence-electron chi connectivity index (χ2n) is 6.90. The highest BCUT2D eigenvalue weighted by Crippen LogP contribution is 2.64.